The fourth-order valence-corrected chi connectivity index (χ4v) is 3.31. The lowest BCUT2D eigenvalue weighted by atomic mass is 9.88. The van der Waals surface area contributed by atoms with Crippen LogP contribution in [0.25, 0.3) is 0 Å². The van der Waals surface area contributed by atoms with E-state index in [2.05, 4.69) is 10.7 Å². The van der Waals surface area contributed by atoms with Crippen molar-refractivity contribution in [3.8, 4) is 0 Å². The Bertz CT molecular complexity index is 395. The van der Waals surface area contributed by atoms with Crippen molar-refractivity contribution >= 4 is 17.8 Å². The molecule has 4 amide bonds. The molecule has 0 spiro atoms. The molecule has 0 aromatic heterocycles. The van der Waals surface area contributed by atoms with Gasteiger partial charge in [0.2, 0.25) is 11.8 Å². The molecule has 3 unspecified atom stereocenters. The highest BCUT2D eigenvalue weighted by Gasteiger charge is 2.44. The third kappa shape index (κ3) is 1.77. The highest BCUT2D eigenvalue weighted by Crippen LogP contribution is 2.48. The zero-order valence-corrected chi connectivity index (χ0v) is 9.44. The van der Waals surface area contributed by atoms with E-state index in [1.807, 2.05) is 0 Å². The van der Waals surface area contributed by atoms with E-state index in [-0.39, 0.29) is 24.3 Å². The lowest BCUT2D eigenvalue weighted by Gasteiger charge is -2.23. The number of amides is 4. The molecule has 0 aromatic carbocycles. The molecule has 2 saturated carbocycles. The Kier molecular flexibility index (Phi) is 2.31. The van der Waals surface area contributed by atoms with Crippen molar-refractivity contribution in [2.75, 3.05) is 6.54 Å². The monoisotopic (exact) mass is 237 g/mol. The van der Waals surface area contributed by atoms with Crippen molar-refractivity contribution in [3.63, 3.8) is 0 Å². The molecule has 2 bridgehead atoms. The lowest BCUT2D eigenvalue weighted by molar-refractivity contribution is -0.130. The van der Waals surface area contributed by atoms with Crippen molar-refractivity contribution in [1.29, 1.82) is 0 Å². The summed E-state index contributed by atoms with van der Waals surface area (Å²) in [5.41, 5.74) is 2.55. The molecule has 6 nitrogen and oxygen atoms in total. The van der Waals surface area contributed by atoms with Crippen LogP contribution in [0.3, 0.4) is 0 Å². The van der Waals surface area contributed by atoms with Gasteiger partial charge in [-0.3, -0.25) is 20.3 Å². The van der Waals surface area contributed by atoms with E-state index < -0.39 is 6.03 Å². The number of fused-ring (bicyclic) bond motifs is 2. The maximum atomic E-state index is 12.0. The lowest BCUT2D eigenvalue weighted by Crippen LogP contribution is -2.47. The predicted octanol–water partition coefficient (Wildman–Crippen LogP) is 0.00560. The van der Waals surface area contributed by atoms with E-state index in [4.69, 9.17) is 0 Å². The zero-order valence-electron chi connectivity index (χ0n) is 9.44. The number of nitrogens with zero attached hydrogens (tertiary/aromatic N) is 1. The molecule has 3 fully saturated rings. The maximum Gasteiger partial charge on any atom is 0.343 e. The van der Waals surface area contributed by atoms with Crippen LogP contribution in [-0.2, 0) is 9.59 Å². The smallest absolute Gasteiger partial charge is 0.275 e. The summed E-state index contributed by atoms with van der Waals surface area (Å²) in [5, 5.41) is 3.20. The summed E-state index contributed by atoms with van der Waals surface area (Å²) in [6, 6.07) is -0.536. The van der Waals surface area contributed by atoms with Gasteiger partial charge in [0.15, 0.2) is 0 Å². The molecule has 0 aromatic rings. The summed E-state index contributed by atoms with van der Waals surface area (Å²) in [6.45, 7) is -0.0780. The molecule has 3 rings (SSSR count). The first-order chi connectivity index (χ1) is 8.13. The minimum absolute atomic E-state index is 0.0252. The van der Waals surface area contributed by atoms with Crippen molar-refractivity contribution < 1.29 is 14.4 Å². The second-order valence-corrected chi connectivity index (χ2v) is 5.20. The minimum atomic E-state index is -0.536. The van der Waals surface area contributed by atoms with Gasteiger partial charge >= 0.3 is 6.03 Å². The maximum absolute atomic E-state index is 12.0. The molecule has 1 heterocycles. The molecular weight excluding hydrogens is 222 g/mol. The SMILES string of the molecule is O=C1CN(NC(=O)C2CC3CCC2C3)C(=O)N1. The van der Waals surface area contributed by atoms with E-state index >= 15 is 0 Å². The quantitative estimate of drug-likeness (QED) is 0.664. The summed E-state index contributed by atoms with van der Waals surface area (Å²) in [4.78, 5) is 34.2. The van der Waals surface area contributed by atoms with Crippen LogP contribution >= 0.6 is 0 Å². The summed E-state index contributed by atoms with van der Waals surface area (Å²) >= 11 is 0. The molecule has 2 aliphatic carbocycles. The first kappa shape index (κ1) is 10.6. The number of carbonyl (C=O) groups is 3. The third-order valence-corrected chi connectivity index (χ3v) is 4.11. The van der Waals surface area contributed by atoms with Crippen LogP contribution in [-0.4, -0.2) is 29.4 Å². The van der Waals surface area contributed by atoms with Crippen molar-refractivity contribution in [2.24, 2.45) is 17.8 Å². The largest absolute Gasteiger partial charge is 0.343 e. The fourth-order valence-electron chi connectivity index (χ4n) is 3.31. The highest BCUT2D eigenvalue weighted by molar-refractivity contribution is 6.02. The number of urea groups is 1. The molecule has 0 radical (unpaired) electrons. The van der Waals surface area contributed by atoms with Gasteiger partial charge in [0, 0.05) is 5.92 Å². The molecular formula is C11H15N3O3. The summed E-state index contributed by atoms with van der Waals surface area (Å²) in [5.74, 6) is 0.702. The van der Waals surface area contributed by atoms with E-state index in [0.717, 1.165) is 24.3 Å². The average Bonchev–Trinajstić information content (AvgIpc) is 2.94. The van der Waals surface area contributed by atoms with E-state index in [1.165, 1.54) is 6.42 Å². The van der Waals surface area contributed by atoms with Crippen molar-refractivity contribution in [2.45, 2.75) is 25.7 Å². The van der Waals surface area contributed by atoms with Crippen LogP contribution in [0, 0.1) is 17.8 Å². The molecule has 1 aliphatic heterocycles. The molecule has 92 valence electrons. The Morgan fingerprint density at radius 3 is 2.65 bits per heavy atom. The predicted molar refractivity (Wildman–Crippen MR) is 57.3 cm³/mol. The second-order valence-electron chi connectivity index (χ2n) is 5.20. The third-order valence-electron chi connectivity index (χ3n) is 4.11. The first-order valence-corrected chi connectivity index (χ1v) is 6.05. The normalized spacial score (nSPS) is 35.3. The van der Waals surface area contributed by atoms with Gasteiger partial charge in [-0.25, -0.2) is 9.80 Å². The number of carbonyl (C=O) groups excluding carboxylic acids is 3. The summed E-state index contributed by atoms with van der Waals surface area (Å²) in [7, 11) is 0. The Hall–Kier alpha value is -1.59. The number of rotatable bonds is 2. The summed E-state index contributed by atoms with van der Waals surface area (Å²) in [6.07, 6.45) is 4.42. The second kappa shape index (κ2) is 3.72. The molecule has 6 heteroatoms. The van der Waals surface area contributed by atoms with Gasteiger partial charge in [-0.05, 0) is 31.1 Å². The fraction of sp³-hybridized carbons (Fsp3) is 0.727. The van der Waals surface area contributed by atoms with Crippen LogP contribution in [0.1, 0.15) is 25.7 Å². The molecule has 2 N–H and O–H groups in total. The van der Waals surface area contributed by atoms with Crippen molar-refractivity contribution in [1.82, 2.24) is 15.8 Å². The molecule has 3 aliphatic rings. The van der Waals surface area contributed by atoms with E-state index in [0.29, 0.717) is 11.8 Å². The Morgan fingerprint density at radius 1 is 1.29 bits per heavy atom. The van der Waals surface area contributed by atoms with Gasteiger partial charge in [0.05, 0.1) is 0 Å². The van der Waals surface area contributed by atoms with Gasteiger partial charge in [-0.2, -0.15) is 0 Å². The van der Waals surface area contributed by atoms with Gasteiger partial charge in [0.1, 0.15) is 6.54 Å². The van der Waals surface area contributed by atoms with Crippen LogP contribution < -0.4 is 10.7 Å². The number of nitrogens with one attached hydrogen (secondary N) is 2. The molecule has 1 saturated heterocycles. The van der Waals surface area contributed by atoms with Crippen LogP contribution in [0.5, 0.6) is 0 Å². The summed E-state index contributed by atoms with van der Waals surface area (Å²) < 4.78 is 0. The highest BCUT2D eigenvalue weighted by atomic mass is 16.2. The van der Waals surface area contributed by atoms with Crippen LogP contribution in [0.4, 0.5) is 4.79 Å². The van der Waals surface area contributed by atoms with Crippen LogP contribution in [0.15, 0.2) is 0 Å². The molecule has 17 heavy (non-hydrogen) atoms. The van der Waals surface area contributed by atoms with Gasteiger partial charge in [-0.15, -0.1) is 0 Å². The van der Waals surface area contributed by atoms with E-state index in [1.54, 1.807) is 0 Å². The van der Waals surface area contributed by atoms with Gasteiger partial charge in [-0.1, -0.05) is 6.42 Å². The zero-order chi connectivity index (χ0) is 12.0. The Labute approximate surface area is 98.7 Å². The van der Waals surface area contributed by atoms with Gasteiger partial charge < -0.3 is 0 Å². The number of hydrogen-bond acceptors (Lipinski definition) is 3. The minimum Gasteiger partial charge on any atom is -0.275 e. The molecule has 3 atom stereocenters. The topological polar surface area (TPSA) is 78.5 Å². The number of imide groups is 1. The number of hydrogen-bond donors (Lipinski definition) is 2. The average molecular weight is 237 g/mol. The van der Waals surface area contributed by atoms with E-state index in [9.17, 15) is 14.4 Å². The standard InChI is InChI=1S/C11H15N3O3/c15-9-5-14(11(17)12-9)13-10(16)8-4-6-1-2-7(8)3-6/h6-8H,1-5H2,(H,13,16)(H,12,15,17). The first-order valence-electron chi connectivity index (χ1n) is 6.05. The van der Waals surface area contributed by atoms with Gasteiger partial charge in [0.25, 0.3) is 0 Å². The Balaban J connectivity index is 1.60. The number of hydrazine groups is 1. The Morgan fingerprint density at radius 2 is 2.12 bits per heavy atom. The van der Waals surface area contributed by atoms with Crippen LogP contribution in [0.2, 0.25) is 0 Å². The van der Waals surface area contributed by atoms with Crippen molar-refractivity contribution in [3.05, 3.63) is 0 Å².